The van der Waals surface area contributed by atoms with Gasteiger partial charge in [0.15, 0.2) is 0 Å². The molecule has 2 amide bonds. The van der Waals surface area contributed by atoms with Crippen LogP contribution in [-0.2, 0) is 4.79 Å². The lowest BCUT2D eigenvalue weighted by atomic mass is 10.0. The average molecular weight is 402 g/mol. The number of rotatable bonds is 6. The van der Waals surface area contributed by atoms with Crippen molar-refractivity contribution < 1.29 is 14.3 Å². The third-order valence-corrected chi connectivity index (χ3v) is 4.98. The summed E-state index contributed by atoms with van der Waals surface area (Å²) in [6.45, 7) is 0.418. The lowest BCUT2D eigenvalue weighted by Crippen LogP contribution is -2.31. The zero-order valence-corrected chi connectivity index (χ0v) is 16.2. The number of anilines is 1. The zero-order chi connectivity index (χ0) is 20.9. The van der Waals surface area contributed by atoms with Crippen LogP contribution in [0.3, 0.4) is 0 Å². The highest BCUT2D eigenvalue weighted by Gasteiger charge is 2.25. The molecular weight excluding hydrogens is 380 g/mol. The summed E-state index contributed by atoms with van der Waals surface area (Å²) in [6, 6.07) is 17.4. The van der Waals surface area contributed by atoms with Crippen molar-refractivity contribution >= 4 is 17.5 Å². The van der Waals surface area contributed by atoms with E-state index in [-0.39, 0.29) is 24.3 Å². The Morgan fingerprint density at radius 3 is 2.57 bits per heavy atom. The van der Waals surface area contributed by atoms with Crippen LogP contribution in [0.25, 0.3) is 0 Å². The van der Waals surface area contributed by atoms with E-state index in [0.717, 1.165) is 16.9 Å². The van der Waals surface area contributed by atoms with Crippen LogP contribution in [0.1, 0.15) is 40.0 Å². The molecule has 3 aromatic rings. The van der Waals surface area contributed by atoms with Crippen LogP contribution >= 0.6 is 0 Å². The molecule has 30 heavy (non-hydrogen) atoms. The summed E-state index contributed by atoms with van der Waals surface area (Å²) in [6.07, 6.45) is 3.36. The zero-order valence-electron chi connectivity index (χ0n) is 16.2. The normalized spacial score (nSPS) is 15.6. The Morgan fingerprint density at radius 1 is 1.07 bits per heavy atom. The van der Waals surface area contributed by atoms with Gasteiger partial charge in [0, 0.05) is 41.7 Å². The average Bonchev–Trinajstić information content (AvgIpc) is 3.17. The highest BCUT2D eigenvalue weighted by Crippen LogP contribution is 2.31. The van der Waals surface area contributed by atoms with Gasteiger partial charge in [0.05, 0.1) is 6.04 Å². The molecule has 1 aromatic heterocycles. The van der Waals surface area contributed by atoms with Crippen molar-refractivity contribution in [3.8, 4) is 5.75 Å². The number of hydrogen-bond donors (Lipinski definition) is 3. The molecule has 1 aliphatic heterocycles. The molecule has 4 rings (SSSR count). The summed E-state index contributed by atoms with van der Waals surface area (Å²) >= 11 is 0. The number of amides is 2. The van der Waals surface area contributed by atoms with Gasteiger partial charge >= 0.3 is 0 Å². The fraction of sp³-hybridized carbons (Fsp3) is 0.174. The van der Waals surface area contributed by atoms with E-state index in [2.05, 4.69) is 15.6 Å². The van der Waals surface area contributed by atoms with Crippen LogP contribution in [0.15, 0.2) is 73.1 Å². The number of benzene rings is 2. The maximum atomic E-state index is 12.5. The summed E-state index contributed by atoms with van der Waals surface area (Å²) in [5.74, 6) is 0.430. The van der Waals surface area contributed by atoms with Gasteiger partial charge in [0.1, 0.15) is 12.4 Å². The van der Waals surface area contributed by atoms with Gasteiger partial charge in [-0.2, -0.15) is 0 Å². The second-order valence-corrected chi connectivity index (χ2v) is 7.09. The molecule has 2 atom stereocenters. The SMILES string of the molecule is N[C@H](CC(=O)N[C@H]1COc2ccccc21)c1ccc(C(=O)Nc2ccncc2)cc1. The van der Waals surface area contributed by atoms with E-state index in [9.17, 15) is 9.59 Å². The molecule has 2 aromatic carbocycles. The number of hydrogen-bond acceptors (Lipinski definition) is 5. The standard InChI is InChI=1S/C23H22N4O3/c24-19(13-22(28)27-20-14-30-21-4-2-1-3-18(20)21)15-5-7-16(8-6-15)23(29)26-17-9-11-25-12-10-17/h1-12,19-20H,13-14,24H2,(H,27,28)(H,25,26,29)/t19-,20+/m1/s1. The maximum absolute atomic E-state index is 12.5. The van der Waals surface area contributed by atoms with Crippen LogP contribution in [0.4, 0.5) is 5.69 Å². The fourth-order valence-electron chi connectivity index (χ4n) is 3.37. The Bertz CT molecular complexity index is 1040. The van der Waals surface area contributed by atoms with Crippen molar-refractivity contribution in [2.75, 3.05) is 11.9 Å². The highest BCUT2D eigenvalue weighted by atomic mass is 16.5. The van der Waals surface area contributed by atoms with E-state index < -0.39 is 6.04 Å². The van der Waals surface area contributed by atoms with Gasteiger partial charge in [-0.3, -0.25) is 14.6 Å². The summed E-state index contributed by atoms with van der Waals surface area (Å²) in [5.41, 5.74) is 9.15. The van der Waals surface area contributed by atoms with Crippen LogP contribution < -0.4 is 21.1 Å². The number of carbonyl (C=O) groups is 2. The smallest absolute Gasteiger partial charge is 0.255 e. The number of nitrogens with one attached hydrogen (secondary N) is 2. The minimum Gasteiger partial charge on any atom is -0.491 e. The summed E-state index contributed by atoms with van der Waals surface area (Å²) in [5, 5.41) is 5.78. The summed E-state index contributed by atoms with van der Waals surface area (Å²) < 4.78 is 5.59. The van der Waals surface area contributed by atoms with E-state index in [1.54, 1.807) is 48.8 Å². The van der Waals surface area contributed by atoms with E-state index in [1.807, 2.05) is 24.3 Å². The lowest BCUT2D eigenvalue weighted by Gasteiger charge is -2.16. The van der Waals surface area contributed by atoms with E-state index in [0.29, 0.717) is 17.9 Å². The number of fused-ring (bicyclic) bond motifs is 1. The van der Waals surface area contributed by atoms with Gasteiger partial charge in [-0.05, 0) is 35.9 Å². The summed E-state index contributed by atoms with van der Waals surface area (Å²) in [7, 11) is 0. The molecule has 1 aliphatic rings. The molecule has 2 heterocycles. The van der Waals surface area contributed by atoms with Crippen LogP contribution in [0, 0.1) is 0 Å². The Labute approximate surface area is 174 Å². The number of nitrogens with zero attached hydrogens (tertiary/aromatic N) is 1. The number of pyridine rings is 1. The maximum Gasteiger partial charge on any atom is 0.255 e. The first kappa shape index (κ1) is 19.6. The third-order valence-electron chi connectivity index (χ3n) is 4.98. The molecule has 7 nitrogen and oxygen atoms in total. The fourth-order valence-corrected chi connectivity index (χ4v) is 3.37. The topological polar surface area (TPSA) is 106 Å². The predicted octanol–water partition coefficient (Wildman–Crippen LogP) is 2.97. The van der Waals surface area contributed by atoms with E-state index in [4.69, 9.17) is 10.5 Å². The van der Waals surface area contributed by atoms with Gasteiger partial charge in [0.2, 0.25) is 5.91 Å². The molecule has 0 unspecified atom stereocenters. The molecule has 0 bridgehead atoms. The largest absolute Gasteiger partial charge is 0.491 e. The monoisotopic (exact) mass is 402 g/mol. The number of aromatic nitrogens is 1. The predicted molar refractivity (Wildman–Crippen MR) is 113 cm³/mol. The molecule has 152 valence electrons. The molecule has 0 spiro atoms. The first-order valence-corrected chi connectivity index (χ1v) is 9.68. The number of nitrogens with two attached hydrogens (primary N) is 1. The van der Waals surface area contributed by atoms with Crippen molar-refractivity contribution in [3.63, 3.8) is 0 Å². The van der Waals surface area contributed by atoms with Crippen molar-refractivity contribution in [1.82, 2.24) is 10.3 Å². The Morgan fingerprint density at radius 2 is 1.80 bits per heavy atom. The minimum atomic E-state index is -0.472. The number of carbonyl (C=O) groups excluding carboxylic acids is 2. The second kappa shape index (κ2) is 8.75. The molecule has 4 N–H and O–H groups in total. The Kier molecular flexibility index (Phi) is 5.72. The highest BCUT2D eigenvalue weighted by molar-refractivity contribution is 6.04. The molecule has 7 heteroatoms. The van der Waals surface area contributed by atoms with Gasteiger partial charge in [-0.25, -0.2) is 0 Å². The molecular formula is C23H22N4O3. The van der Waals surface area contributed by atoms with Crippen molar-refractivity contribution in [2.24, 2.45) is 5.73 Å². The quantitative estimate of drug-likeness (QED) is 0.588. The number of ether oxygens (including phenoxy) is 1. The molecule has 0 fully saturated rings. The van der Waals surface area contributed by atoms with Gasteiger partial charge in [0.25, 0.3) is 5.91 Å². The Balaban J connectivity index is 1.33. The van der Waals surface area contributed by atoms with Crippen molar-refractivity contribution in [1.29, 1.82) is 0 Å². The second-order valence-electron chi connectivity index (χ2n) is 7.09. The number of para-hydroxylation sites is 1. The third kappa shape index (κ3) is 4.47. The minimum absolute atomic E-state index is 0.140. The van der Waals surface area contributed by atoms with Gasteiger partial charge in [-0.1, -0.05) is 30.3 Å². The van der Waals surface area contributed by atoms with Crippen LogP contribution in [-0.4, -0.2) is 23.4 Å². The van der Waals surface area contributed by atoms with Crippen molar-refractivity contribution in [2.45, 2.75) is 18.5 Å². The Hall–Kier alpha value is -3.71. The van der Waals surface area contributed by atoms with Gasteiger partial charge in [-0.15, -0.1) is 0 Å². The van der Waals surface area contributed by atoms with Crippen LogP contribution in [0.2, 0.25) is 0 Å². The molecule has 0 saturated heterocycles. The molecule has 0 radical (unpaired) electrons. The van der Waals surface area contributed by atoms with E-state index >= 15 is 0 Å². The van der Waals surface area contributed by atoms with Crippen molar-refractivity contribution in [3.05, 3.63) is 89.7 Å². The van der Waals surface area contributed by atoms with Gasteiger partial charge < -0.3 is 21.1 Å². The first-order valence-electron chi connectivity index (χ1n) is 9.68. The summed E-state index contributed by atoms with van der Waals surface area (Å²) in [4.78, 5) is 28.7. The lowest BCUT2D eigenvalue weighted by molar-refractivity contribution is -0.122. The van der Waals surface area contributed by atoms with Crippen LogP contribution in [0.5, 0.6) is 5.75 Å². The first-order chi connectivity index (χ1) is 14.6. The molecule has 0 saturated carbocycles. The molecule has 0 aliphatic carbocycles. The van der Waals surface area contributed by atoms with E-state index in [1.165, 1.54) is 0 Å².